The smallest absolute Gasteiger partial charge is 0.242 e. The third-order valence-electron chi connectivity index (χ3n) is 2.45. The molecule has 0 aliphatic heterocycles. The number of rotatable bonds is 6. The molecule has 0 fully saturated rings. The Morgan fingerprint density at radius 1 is 1.37 bits per heavy atom. The number of pyridine rings is 1. The molecule has 1 atom stereocenters. The van der Waals surface area contributed by atoms with Gasteiger partial charge in [-0.3, -0.25) is 4.79 Å². The molecule has 106 valence electrons. The number of amides is 1. The Labute approximate surface area is 111 Å². The van der Waals surface area contributed by atoms with Crippen LogP contribution in [0.4, 0.5) is 5.82 Å². The van der Waals surface area contributed by atoms with Crippen LogP contribution in [0.5, 0.6) is 0 Å². The molecule has 0 spiro atoms. The van der Waals surface area contributed by atoms with Gasteiger partial charge >= 0.3 is 0 Å². The van der Waals surface area contributed by atoms with E-state index in [4.69, 9.17) is 11.6 Å². The Morgan fingerprint density at radius 2 is 2.00 bits per heavy atom. The molecule has 1 heterocycles. The topological polar surface area (TPSA) is 140 Å². The van der Waals surface area contributed by atoms with Crippen LogP contribution in [-0.2, 0) is 14.8 Å². The van der Waals surface area contributed by atoms with Crippen molar-refractivity contribution < 1.29 is 13.2 Å². The summed E-state index contributed by atoms with van der Waals surface area (Å²) in [5.41, 5.74) is 7.44. The Bertz CT molecular complexity index is 541. The van der Waals surface area contributed by atoms with Gasteiger partial charge < -0.3 is 11.2 Å². The van der Waals surface area contributed by atoms with Crippen LogP contribution in [0, 0.1) is 5.92 Å². The van der Waals surface area contributed by atoms with E-state index in [1.54, 1.807) is 13.8 Å². The third-order valence-corrected chi connectivity index (χ3v) is 3.88. The summed E-state index contributed by atoms with van der Waals surface area (Å²) in [6, 6.07) is 1.75. The number of aromatic nitrogens is 1. The number of carbonyl (C=O) groups is 1. The van der Waals surface area contributed by atoms with Crippen LogP contribution in [0.1, 0.15) is 13.8 Å². The number of nitrogens with two attached hydrogens (primary N) is 2. The van der Waals surface area contributed by atoms with Gasteiger partial charge in [0.1, 0.15) is 16.8 Å². The van der Waals surface area contributed by atoms with Gasteiger partial charge in [0.2, 0.25) is 15.9 Å². The number of hydrogen-bond acceptors (Lipinski definition) is 6. The second-order valence-corrected chi connectivity index (χ2v) is 5.98. The van der Waals surface area contributed by atoms with Crippen molar-refractivity contribution in [3.63, 3.8) is 0 Å². The van der Waals surface area contributed by atoms with Crippen molar-refractivity contribution in [3.8, 4) is 0 Å². The van der Waals surface area contributed by atoms with E-state index in [9.17, 15) is 13.2 Å². The SMILES string of the molecule is CC(C)C(NS(=O)(=O)c1ccc(NN)nc1)C(N)=O. The summed E-state index contributed by atoms with van der Waals surface area (Å²) in [5.74, 6) is 4.47. The zero-order valence-corrected chi connectivity index (χ0v) is 11.4. The molecule has 0 saturated carbocycles. The van der Waals surface area contributed by atoms with E-state index < -0.39 is 22.0 Å². The molecular weight excluding hydrogens is 270 g/mol. The minimum Gasteiger partial charge on any atom is -0.368 e. The highest BCUT2D eigenvalue weighted by molar-refractivity contribution is 7.89. The van der Waals surface area contributed by atoms with Gasteiger partial charge in [0.05, 0.1) is 0 Å². The van der Waals surface area contributed by atoms with Crippen LogP contribution in [0.2, 0.25) is 0 Å². The summed E-state index contributed by atoms with van der Waals surface area (Å²) >= 11 is 0. The first kappa shape index (κ1) is 15.3. The zero-order chi connectivity index (χ0) is 14.6. The van der Waals surface area contributed by atoms with Gasteiger partial charge in [-0.2, -0.15) is 4.72 Å². The molecule has 0 bridgehead atoms. The van der Waals surface area contributed by atoms with E-state index in [2.05, 4.69) is 15.1 Å². The molecule has 0 radical (unpaired) electrons. The minimum atomic E-state index is -3.86. The van der Waals surface area contributed by atoms with E-state index in [0.29, 0.717) is 5.82 Å². The molecule has 0 aliphatic carbocycles. The van der Waals surface area contributed by atoms with Crippen LogP contribution < -0.4 is 21.7 Å². The third kappa shape index (κ3) is 3.88. The number of sulfonamides is 1. The lowest BCUT2D eigenvalue weighted by Gasteiger charge is -2.18. The Balaban J connectivity index is 2.99. The van der Waals surface area contributed by atoms with Crippen molar-refractivity contribution in [1.29, 1.82) is 0 Å². The summed E-state index contributed by atoms with van der Waals surface area (Å²) in [7, 11) is -3.86. The van der Waals surface area contributed by atoms with Crippen molar-refractivity contribution in [2.75, 3.05) is 5.43 Å². The van der Waals surface area contributed by atoms with E-state index in [0.717, 1.165) is 6.20 Å². The molecule has 1 aromatic rings. The van der Waals surface area contributed by atoms with Crippen molar-refractivity contribution in [2.45, 2.75) is 24.8 Å². The lowest BCUT2D eigenvalue weighted by atomic mass is 10.1. The summed E-state index contributed by atoms with van der Waals surface area (Å²) < 4.78 is 26.3. The number of carbonyl (C=O) groups excluding carboxylic acids is 1. The van der Waals surface area contributed by atoms with Gasteiger partial charge in [-0.1, -0.05) is 13.8 Å². The normalized spacial score (nSPS) is 13.3. The van der Waals surface area contributed by atoms with Gasteiger partial charge in [-0.25, -0.2) is 19.2 Å². The molecular formula is C10H17N5O3S. The number of nitrogens with zero attached hydrogens (tertiary/aromatic N) is 1. The first-order valence-corrected chi connectivity index (χ1v) is 7.00. The fourth-order valence-corrected chi connectivity index (χ4v) is 2.68. The van der Waals surface area contributed by atoms with Gasteiger partial charge in [0.15, 0.2) is 0 Å². The van der Waals surface area contributed by atoms with Crippen molar-refractivity contribution in [2.24, 2.45) is 17.5 Å². The summed E-state index contributed by atoms with van der Waals surface area (Å²) in [6.45, 7) is 3.38. The first-order chi connectivity index (χ1) is 8.77. The lowest BCUT2D eigenvalue weighted by molar-refractivity contribution is -0.120. The molecule has 0 aromatic carbocycles. The maximum absolute atomic E-state index is 12.0. The van der Waals surface area contributed by atoms with Crippen LogP contribution >= 0.6 is 0 Å². The second kappa shape index (κ2) is 5.95. The first-order valence-electron chi connectivity index (χ1n) is 5.52. The summed E-state index contributed by atoms with van der Waals surface area (Å²) in [6.07, 6.45) is 1.13. The van der Waals surface area contributed by atoms with Crippen LogP contribution in [0.15, 0.2) is 23.2 Å². The monoisotopic (exact) mass is 287 g/mol. The van der Waals surface area contributed by atoms with Crippen LogP contribution in [-0.4, -0.2) is 25.4 Å². The highest BCUT2D eigenvalue weighted by Crippen LogP contribution is 2.12. The van der Waals surface area contributed by atoms with Crippen LogP contribution in [0.3, 0.4) is 0 Å². The molecule has 1 unspecified atom stereocenters. The Kier molecular flexibility index (Phi) is 4.81. The van der Waals surface area contributed by atoms with Gasteiger partial charge in [0.25, 0.3) is 0 Å². The molecule has 1 aromatic heterocycles. The molecule has 8 nitrogen and oxygen atoms in total. The zero-order valence-electron chi connectivity index (χ0n) is 10.6. The Hall–Kier alpha value is -1.71. The molecule has 9 heteroatoms. The average molecular weight is 287 g/mol. The van der Waals surface area contributed by atoms with E-state index >= 15 is 0 Å². The molecule has 1 rings (SSSR count). The highest BCUT2D eigenvalue weighted by Gasteiger charge is 2.26. The highest BCUT2D eigenvalue weighted by atomic mass is 32.2. The number of hydrogen-bond donors (Lipinski definition) is 4. The Morgan fingerprint density at radius 3 is 2.37 bits per heavy atom. The van der Waals surface area contributed by atoms with Crippen molar-refractivity contribution in [3.05, 3.63) is 18.3 Å². The fourth-order valence-electron chi connectivity index (χ4n) is 1.38. The summed E-state index contributed by atoms with van der Waals surface area (Å²) in [4.78, 5) is 14.9. The van der Waals surface area contributed by atoms with Crippen LogP contribution in [0.25, 0.3) is 0 Å². The number of nitrogens with one attached hydrogen (secondary N) is 2. The summed E-state index contributed by atoms with van der Waals surface area (Å²) in [5, 5.41) is 0. The molecule has 0 aliphatic rings. The quantitative estimate of drug-likeness (QED) is 0.397. The number of anilines is 1. The maximum Gasteiger partial charge on any atom is 0.242 e. The van der Waals surface area contributed by atoms with Crippen molar-refractivity contribution >= 4 is 21.7 Å². The van der Waals surface area contributed by atoms with E-state index in [1.807, 2.05) is 0 Å². The average Bonchev–Trinajstić information content (AvgIpc) is 2.35. The minimum absolute atomic E-state index is 0.0709. The molecule has 1 amide bonds. The predicted molar refractivity (Wildman–Crippen MR) is 70.2 cm³/mol. The van der Waals surface area contributed by atoms with Gasteiger partial charge in [-0.05, 0) is 18.1 Å². The van der Waals surface area contributed by atoms with E-state index in [1.165, 1.54) is 12.1 Å². The molecule has 19 heavy (non-hydrogen) atoms. The fraction of sp³-hybridized carbons (Fsp3) is 0.400. The second-order valence-electron chi connectivity index (χ2n) is 4.27. The molecule has 6 N–H and O–H groups in total. The maximum atomic E-state index is 12.0. The van der Waals surface area contributed by atoms with Gasteiger partial charge in [0, 0.05) is 6.20 Å². The number of hydrazine groups is 1. The number of nitrogen functional groups attached to an aromatic ring is 1. The van der Waals surface area contributed by atoms with Gasteiger partial charge in [-0.15, -0.1) is 0 Å². The standard InChI is InChI=1S/C10H17N5O3S/c1-6(2)9(10(11)16)15-19(17,18)7-3-4-8(14-12)13-5-7/h3-6,9,15H,12H2,1-2H3,(H2,11,16)(H,13,14). The largest absolute Gasteiger partial charge is 0.368 e. The predicted octanol–water partition coefficient (Wildman–Crippen LogP) is -0.845. The van der Waals surface area contributed by atoms with E-state index in [-0.39, 0.29) is 10.8 Å². The lowest BCUT2D eigenvalue weighted by Crippen LogP contribution is -2.47. The number of primary amides is 1. The molecule has 0 saturated heterocycles. The van der Waals surface area contributed by atoms with Crippen molar-refractivity contribution in [1.82, 2.24) is 9.71 Å².